The Morgan fingerprint density at radius 3 is 1.72 bits per heavy atom. The van der Waals surface area contributed by atoms with Crippen LogP contribution in [0.4, 0.5) is 44.3 Å². The molecule has 0 aliphatic heterocycles. The molecule has 0 aromatic rings. The van der Waals surface area contributed by atoms with Crippen LogP contribution >= 0.6 is 0 Å². The molecule has 0 heterocycles. The van der Waals surface area contributed by atoms with Crippen molar-refractivity contribution in [3.63, 3.8) is 0 Å². The second-order valence-corrected chi connectivity index (χ2v) is 9.53. The number of alkyl halides is 9. The second kappa shape index (κ2) is 8.49. The van der Waals surface area contributed by atoms with Crippen LogP contribution in [-0.2, 0) is 31.4 Å². The van der Waals surface area contributed by atoms with E-state index in [-0.39, 0.29) is 0 Å². The van der Waals surface area contributed by atoms with Gasteiger partial charge in [0, 0.05) is 13.1 Å². The zero-order valence-electron chi connectivity index (χ0n) is 12.9. The fraction of sp³-hybridized carbons (Fsp3) is 0.857. The summed E-state index contributed by atoms with van der Waals surface area (Å²) >= 11 is -5.41. The first-order chi connectivity index (χ1) is 12.5. The number of amides is 1. The first-order valence-electron chi connectivity index (χ1n) is 6.14. The number of sulfonamides is 2. The zero-order valence-corrected chi connectivity index (χ0v) is 15.4. The molecule has 0 radical (unpaired) electrons. The summed E-state index contributed by atoms with van der Waals surface area (Å²) in [5.74, 6) is -7.22. The molecule has 1 unspecified atom stereocenters. The van der Waals surface area contributed by atoms with Crippen LogP contribution in [0.1, 0.15) is 0 Å². The molecule has 1 atom stereocenters. The van der Waals surface area contributed by atoms with Crippen LogP contribution in [0.5, 0.6) is 0 Å². The average Bonchev–Trinajstić information content (AvgIpc) is 2.49. The van der Waals surface area contributed by atoms with Crippen molar-refractivity contribution >= 4 is 37.5 Å². The fourth-order valence-electron chi connectivity index (χ4n) is 1.10. The minimum Gasteiger partial charge on any atom is -0.592 e. The van der Waals surface area contributed by atoms with Crippen molar-refractivity contribution in [1.82, 2.24) is 14.2 Å². The minimum absolute atomic E-state index is 0.504. The highest BCUT2D eigenvalue weighted by Gasteiger charge is 2.84. The summed E-state index contributed by atoms with van der Waals surface area (Å²) in [6, 6.07) is 0. The van der Waals surface area contributed by atoms with Crippen LogP contribution in [0.2, 0.25) is 0 Å². The number of hydrogen-bond acceptors (Lipinski definition) is 6. The van der Waals surface area contributed by atoms with E-state index in [1.54, 1.807) is 0 Å². The van der Waals surface area contributed by atoms with E-state index in [9.17, 15) is 65.7 Å². The van der Waals surface area contributed by atoms with Crippen LogP contribution in [0.15, 0.2) is 0 Å². The van der Waals surface area contributed by atoms with Gasteiger partial charge in [-0.3, -0.25) is 0 Å². The SMILES string of the molecule is O=C(O)NCCNS(=O)(=O)C(F)(F)C(F)(F)C(F)(F)[S+]([O-])NS(=O)(=O)C(F)(F)F. The van der Waals surface area contributed by atoms with E-state index in [1.165, 1.54) is 5.32 Å². The molecule has 29 heavy (non-hydrogen) atoms. The van der Waals surface area contributed by atoms with Crippen molar-refractivity contribution in [2.45, 2.75) is 21.9 Å². The number of rotatable bonds is 10. The van der Waals surface area contributed by atoms with Crippen molar-refractivity contribution in [3.05, 3.63) is 0 Å². The number of hydrogen-bond donors (Lipinski definition) is 4. The summed E-state index contributed by atoms with van der Waals surface area (Å²) in [5.41, 5.74) is -6.46. The van der Waals surface area contributed by atoms with Gasteiger partial charge in [0.05, 0.1) is 0 Å². The van der Waals surface area contributed by atoms with Gasteiger partial charge in [-0.05, 0) is 4.13 Å². The molecular weight excluding hydrogens is 505 g/mol. The molecule has 1 amide bonds. The van der Waals surface area contributed by atoms with Gasteiger partial charge in [-0.15, -0.1) is 8.78 Å². The quantitative estimate of drug-likeness (QED) is 0.183. The summed E-state index contributed by atoms with van der Waals surface area (Å²) in [7, 11) is -13.8. The summed E-state index contributed by atoms with van der Waals surface area (Å²) in [6.07, 6.45) is -1.82. The van der Waals surface area contributed by atoms with Crippen LogP contribution in [0, 0.1) is 0 Å². The van der Waals surface area contributed by atoms with Gasteiger partial charge >= 0.3 is 38.1 Å². The molecule has 0 saturated carbocycles. The van der Waals surface area contributed by atoms with Crippen molar-refractivity contribution in [3.8, 4) is 0 Å². The van der Waals surface area contributed by atoms with Crippen molar-refractivity contribution in [2.24, 2.45) is 0 Å². The second-order valence-electron chi connectivity index (χ2n) is 4.54. The van der Waals surface area contributed by atoms with Crippen LogP contribution in [-0.4, -0.2) is 67.6 Å². The van der Waals surface area contributed by atoms with Crippen LogP contribution in [0.25, 0.3) is 0 Å². The first kappa shape index (κ1) is 27.8. The number of carboxylic acid groups (broad SMARTS) is 1. The van der Waals surface area contributed by atoms with Gasteiger partial charge in [-0.25, -0.2) is 17.9 Å². The van der Waals surface area contributed by atoms with Gasteiger partial charge in [0.25, 0.3) is 10.0 Å². The highest BCUT2D eigenvalue weighted by molar-refractivity contribution is 8.05. The lowest BCUT2D eigenvalue weighted by Gasteiger charge is -2.31. The first-order valence-corrected chi connectivity index (χ1v) is 10.3. The molecule has 0 saturated heterocycles. The summed E-state index contributed by atoms with van der Waals surface area (Å²) in [4.78, 5) is 10.0. The number of carbonyl (C=O) groups is 1. The molecule has 0 aromatic heterocycles. The van der Waals surface area contributed by atoms with Crippen LogP contribution < -0.4 is 14.2 Å². The number of nitrogens with one attached hydrogen (secondary N) is 3. The van der Waals surface area contributed by atoms with Gasteiger partial charge in [0.15, 0.2) is 0 Å². The molecule has 0 rings (SSSR count). The third-order valence-electron chi connectivity index (χ3n) is 2.48. The summed E-state index contributed by atoms with van der Waals surface area (Å²) < 4.78 is 171. The lowest BCUT2D eigenvalue weighted by atomic mass is 10.3. The van der Waals surface area contributed by atoms with E-state index in [0.29, 0.717) is 4.72 Å². The Bertz CT molecular complexity index is 814. The Morgan fingerprint density at radius 1 is 0.897 bits per heavy atom. The largest absolute Gasteiger partial charge is 0.592 e. The molecule has 0 aliphatic carbocycles. The van der Waals surface area contributed by atoms with E-state index in [0.717, 1.165) is 0 Å². The standard InChI is InChI=1S/C7H8F9N3O7S3/c8-4(9,5(10,11)27(22)19-29(25,26)7(14,15)16)6(12,13)28(23,24)18-2-1-17-3(20)21/h17-19H,1-2H2,(H,20,21). The van der Waals surface area contributed by atoms with E-state index in [1.807, 2.05) is 0 Å². The average molecular weight is 513 g/mol. The lowest BCUT2D eigenvalue weighted by molar-refractivity contribution is -0.244. The topological polar surface area (TPSA) is 165 Å². The Kier molecular flexibility index (Phi) is 8.13. The Balaban J connectivity index is 5.76. The highest BCUT2D eigenvalue weighted by Crippen LogP contribution is 2.50. The van der Waals surface area contributed by atoms with Gasteiger partial charge in [0.2, 0.25) is 0 Å². The van der Waals surface area contributed by atoms with Crippen molar-refractivity contribution in [2.75, 3.05) is 13.1 Å². The smallest absolute Gasteiger partial charge is 0.515 e. The van der Waals surface area contributed by atoms with Gasteiger partial charge in [-0.2, -0.15) is 39.2 Å². The third-order valence-corrected chi connectivity index (χ3v) is 6.81. The molecule has 22 heteroatoms. The van der Waals surface area contributed by atoms with Crippen molar-refractivity contribution in [1.29, 1.82) is 0 Å². The maximum atomic E-state index is 13.5. The van der Waals surface area contributed by atoms with E-state index >= 15 is 0 Å². The van der Waals surface area contributed by atoms with E-state index < -0.39 is 76.7 Å². The maximum absolute atomic E-state index is 13.5. The Hall–Kier alpha value is -1.23. The summed E-state index contributed by atoms with van der Waals surface area (Å²) in [6.45, 7) is -2.38. The highest BCUT2D eigenvalue weighted by atomic mass is 32.3. The number of halogens is 9. The van der Waals surface area contributed by atoms with E-state index in [2.05, 4.69) is 0 Å². The van der Waals surface area contributed by atoms with Gasteiger partial charge in [0.1, 0.15) is 11.4 Å². The molecular formula is C7H8F9N3O7S3. The molecule has 0 spiro atoms. The lowest BCUT2D eigenvalue weighted by Crippen LogP contribution is -2.65. The Labute approximate surface area is 158 Å². The van der Waals surface area contributed by atoms with Gasteiger partial charge < -0.3 is 15.0 Å². The molecule has 0 fully saturated rings. The van der Waals surface area contributed by atoms with Crippen LogP contribution in [0.3, 0.4) is 0 Å². The zero-order chi connectivity index (χ0) is 23.7. The Morgan fingerprint density at radius 2 is 1.34 bits per heavy atom. The molecule has 174 valence electrons. The normalized spacial score (nSPS) is 15.8. The predicted octanol–water partition coefficient (Wildman–Crippen LogP) is 0.0972. The maximum Gasteiger partial charge on any atom is 0.515 e. The molecule has 0 aromatic carbocycles. The van der Waals surface area contributed by atoms with E-state index in [4.69, 9.17) is 5.11 Å². The summed E-state index contributed by atoms with van der Waals surface area (Å²) in [5, 5.41) is -4.23. The molecule has 0 aliphatic rings. The predicted molar refractivity (Wildman–Crippen MR) is 74.0 cm³/mol. The monoisotopic (exact) mass is 513 g/mol. The van der Waals surface area contributed by atoms with Crippen molar-refractivity contribution < 1.29 is 70.8 Å². The fourth-order valence-corrected chi connectivity index (χ4v) is 4.14. The minimum atomic E-state index is -7.22. The molecule has 10 nitrogen and oxygen atoms in total. The molecule has 0 bridgehead atoms. The molecule has 4 N–H and O–H groups in total. The third kappa shape index (κ3) is 5.68. The van der Waals surface area contributed by atoms with Gasteiger partial charge in [-0.1, -0.05) is 0 Å².